The van der Waals surface area contributed by atoms with Crippen molar-refractivity contribution in [3.63, 3.8) is 0 Å². The van der Waals surface area contributed by atoms with E-state index < -0.39 is 0 Å². The minimum absolute atomic E-state index is 0.112. The maximum Gasteiger partial charge on any atom is 0.254 e. The first-order valence-electron chi connectivity index (χ1n) is 5.90. The van der Waals surface area contributed by atoms with Crippen LogP contribution < -0.4 is 5.32 Å². The van der Waals surface area contributed by atoms with E-state index in [1.165, 1.54) is 0 Å². The molecule has 0 saturated carbocycles. The van der Waals surface area contributed by atoms with E-state index in [0.29, 0.717) is 23.7 Å². The Bertz CT molecular complexity index is 488. The molecule has 1 aromatic rings. The summed E-state index contributed by atoms with van der Waals surface area (Å²) in [6, 6.07) is 5.21. The number of amides is 2. The standard InChI is InChI=1S/C13H15ClN2O2/c1-9-3-4-10(7-11(9)14)13(18)16-6-2-5-15-12(17)8-16/h3-4,7H,2,5-6,8H2,1H3,(H,15,17). The zero-order chi connectivity index (χ0) is 13.1. The zero-order valence-electron chi connectivity index (χ0n) is 10.2. The van der Waals surface area contributed by atoms with Crippen LogP contribution in [0.15, 0.2) is 18.2 Å². The molecule has 5 heteroatoms. The van der Waals surface area contributed by atoms with E-state index in [1.54, 1.807) is 17.0 Å². The van der Waals surface area contributed by atoms with Crippen LogP contribution in [0.4, 0.5) is 0 Å². The van der Waals surface area contributed by atoms with Gasteiger partial charge in [-0.3, -0.25) is 9.59 Å². The first-order chi connectivity index (χ1) is 8.58. The molecule has 1 aliphatic rings. The Labute approximate surface area is 111 Å². The molecular weight excluding hydrogens is 252 g/mol. The second kappa shape index (κ2) is 5.40. The van der Waals surface area contributed by atoms with Crippen molar-refractivity contribution < 1.29 is 9.59 Å². The summed E-state index contributed by atoms with van der Waals surface area (Å²) in [6.45, 7) is 3.21. The highest BCUT2D eigenvalue weighted by Gasteiger charge is 2.21. The summed E-state index contributed by atoms with van der Waals surface area (Å²) in [5.74, 6) is -0.256. The van der Waals surface area contributed by atoms with Crippen LogP contribution in [0.25, 0.3) is 0 Å². The average Bonchev–Trinajstić information content (AvgIpc) is 2.56. The minimum Gasteiger partial charge on any atom is -0.354 e. The Hall–Kier alpha value is -1.55. The summed E-state index contributed by atoms with van der Waals surface area (Å²) in [7, 11) is 0. The third-order valence-electron chi connectivity index (χ3n) is 2.97. The van der Waals surface area contributed by atoms with Crippen LogP contribution in [0, 0.1) is 6.92 Å². The molecule has 4 nitrogen and oxygen atoms in total. The van der Waals surface area contributed by atoms with Gasteiger partial charge in [0.1, 0.15) is 0 Å². The first kappa shape index (κ1) is 12.9. The number of carbonyl (C=O) groups excluding carboxylic acids is 2. The van der Waals surface area contributed by atoms with Crippen LogP contribution in [0.3, 0.4) is 0 Å². The van der Waals surface area contributed by atoms with Gasteiger partial charge in [0, 0.05) is 23.7 Å². The van der Waals surface area contributed by atoms with E-state index in [-0.39, 0.29) is 18.4 Å². The first-order valence-corrected chi connectivity index (χ1v) is 6.28. The van der Waals surface area contributed by atoms with Crippen LogP contribution in [-0.2, 0) is 4.79 Å². The highest BCUT2D eigenvalue weighted by atomic mass is 35.5. The van der Waals surface area contributed by atoms with E-state index in [1.807, 2.05) is 13.0 Å². The van der Waals surface area contributed by atoms with Gasteiger partial charge >= 0.3 is 0 Å². The molecule has 1 saturated heterocycles. The van der Waals surface area contributed by atoms with Crippen molar-refractivity contribution in [3.05, 3.63) is 34.3 Å². The van der Waals surface area contributed by atoms with Gasteiger partial charge in [0.05, 0.1) is 6.54 Å². The molecule has 2 rings (SSSR count). The van der Waals surface area contributed by atoms with E-state index in [9.17, 15) is 9.59 Å². The maximum atomic E-state index is 12.2. The lowest BCUT2D eigenvalue weighted by atomic mass is 10.1. The number of halogens is 1. The molecule has 2 amide bonds. The monoisotopic (exact) mass is 266 g/mol. The van der Waals surface area contributed by atoms with Crippen molar-refractivity contribution in [2.75, 3.05) is 19.6 Å². The van der Waals surface area contributed by atoms with Crippen molar-refractivity contribution >= 4 is 23.4 Å². The summed E-state index contributed by atoms with van der Waals surface area (Å²) in [4.78, 5) is 25.2. The fourth-order valence-electron chi connectivity index (χ4n) is 1.89. The van der Waals surface area contributed by atoms with Gasteiger partial charge in [-0.05, 0) is 31.0 Å². The molecule has 0 spiro atoms. The normalized spacial score (nSPS) is 16.1. The van der Waals surface area contributed by atoms with E-state index in [0.717, 1.165) is 12.0 Å². The molecule has 1 N–H and O–H groups in total. The maximum absolute atomic E-state index is 12.2. The number of carbonyl (C=O) groups is 2. The number of hydrogen-bond acceptors (Lipinski definition) is 2. The molecule has 1 aromatic carbocycles. The van der Waals surface area contributed by atoms with Gasteiger partial charge in [-0.15, -0.1) is 0 Å². The predicted octanol–water partition coefficient (Wildman–Crippen LogP) is 1.61. The molecule has 0 radical (unpaired) electrons. The van der Waals surface area contributed by atoms with Crippen molar-refractivity contribution in [3.8, 4) is 0 Å². The van der Waals surface area contributed by atoms with Crippen molar-refractivity contribution in [1.82, 2.24) is 10.2 Å². The van der Waals surface area contributed by atoms with E-state index in [4.69, 9.17) is 11.6 Å². The van der Waals surface area contributed by atoms with Gasteiger partial charge in [-0.25, -0.2) is 0 Å². The Morgan fingerprint density at radius 1 is 1.44 bits per heavy atom. The summed E-state index contributed by atoms with van der Waals surface area (Å²) in [5, 5.41) is 3.31. The van der Waals surface area contributed by atoms with Crippen LogP contribution >= 0.6 is 11.6 Å². The van der Waals surface area contributed by atoms with Crippen LogP contribution in [0.1, 0.15) is 22.3 Å². The molecule has 0 unspecified atom stereocenters. The molecule has 0 bridgehead atoms. The Morgan fingerprint density at radius 2 is 2.22 bits per heavy atom. The van der Waals surface area contributed by atoms with Crippen LogP contribution in [-0.4, -0.2) is 36.3 Å². The number of nitrogens with one attached hydrogen (secondary N) is 1. The van der Waals surface area contributed by atoms with Gasteiger partial charge < -0.3 is 10.2 Å². The highest BCUT2D eigenvalue weighted by molar-refractivity contribution is 6.31. The molecule has 0 aromatic heterocycles. The minimum atomic E-state index is -0.144. The molecule has 1 heterocycles. The van der Waals surface area contributed by atoms with Crippen LogP contribution in [0.2, 0.25) is 5.02 Å². The van der Waals surface area contributed by atoms with Crippen molar-refractivity contribution in [2.45, 2.75) is 13.3 Å². The van der Waals surface area contributed by atoms with Gasteiger partial charge in [-0.1, -0.05) is 17.7 Å². The number of nitrogens with zero attached hydrogens (tertiary/aromatic N) is 1. The zero-order valence-corrected chi connectivity index (χ0v) is 11.0. The molecule has 18 heavy (non-hydrogen) atoms. The molecule has 1 aliphatic heterocycles. The van der Waals surface area contributed by atoms with Crippen LogP contribution in [0.5, 0.6) is 0 Å². The number of aryl methyl sites for hydroxylation is 1. The smallest absolute Gasteiger partial charge is 0.254 e. The lowest BCUT2D eigenvalue weighted by molar-refractivity contribution is -0.121. The molecule has 0 atom stereocenters. The second-order valence-electron chi connectivity index (χ2n) is 4.39. The van der Waals surface area contributed by atoms with Gasteiger partial charge in [0.2, 0.25) is 5.91 Å². The van der Waals surface area contributed by atoms with Crippen molar-refractivity contribution in [2.24, 2.45) is 0 Å². The third-order valence-corrected chi connectivity index (χ3v) is 3.37. The van der Waals surface area contributed by atoms with E-state index in [2.05, 4.69) is 5.32 Å². The summed E-state index contributed by atoms with van der Waals surface area (Å²) < 4.78 is 0. The average molecular weight is 267 g/mol. The predicted molar refractivity (Wildman–Crippen MR) is 69.7 cm³/mol. The lowest BCUT2D eigenvalue weighted by Gasteiger charge is -2.19. The number of benzene rings is 1. The third kappa shape index (κ3) is 2.82. The molecule has 1 fully saturated rings. The van der Waals surface area contributed by atoms with Gasteiger partial charge in [0.25, 0.3) is 5.91 Å². The Morgan fingerprint density at radius 3 is 2.94 bits per heavy atom. The lowest BCUT2D eigenvalue weighted by Crippen LogP contribution is -2.37. The SMILES string of the molecule is Cc1ccc(C(=O)N2CCCNC(=O)C2)cc1Cl. The fourth-order valence-corrected chi connectivity index (χ4v) is 2.07. The summed E-state index contributed by atoms with van der Waals surface area (Å²) in [6.07, 6.45) is 0.775. The summed E-state index contributed by atoms with van der Waals surface area (Å²) >= 11 is 6.01. The fraction of sp³-hybridized carbons (Fsp3) is 0.385. The quantitative estimate of drug-likeness (QED) is 0.840. The van der Waals surface area contributed by atoms with Gasteiger partial charge in [0.15, 0.2) is 0 Å². The largest absolute Gasteiger partial charge is 0.354 e. The Kier molecular flexibility index (Phi) is 3.87. The van der Waals surface area contributed by atoms with E-state index >= 15 is 0 Å². The second-order valence-corrected chi connectivity index (χ2v) is 4.80. The number of hydrogen-bond donors (Lipinski definition) is 1. The topological polar surface area (TPSA) is 49.4 Å². The summed E-state index contributed by atoms with van der Waals surface area (Å²) in [5.41, 5.74) is 1.46. The number of rotatable bonds is 1. The van der Waals surface area contributed by atoms with Gasteiger partial charge in [-0.2, -0.15) is 0 Å². The Balaban J connectivity index is 2.19. The molecule has 0 aliphatic carbocycles. The molecule has 96 valence electrons. The van der Waals surface area contributed by atoms with Crippen molar-refractivity contribution in [1.29, 1.82) is 0 Å². The highest BCUT2D eigenvalue weighted by Crippen LogP contribution is 2.18. The molecular formula is C13H15ClN2O2.